The van der Waals surface area contributed by atoms with Crippen LogP contribution in [0.15, 0.2) is 60.0 Å². The van der Waals surface area contributed by atoms with Gasteiger partial charge >= 0.3 is 0 Å². The van der Waals surface area contributed by atoms with Gasteiger partial charge in [0.05, 0.1) is 12.1 Å². The molecule has 21 heavy (non-hydrogen) atoms. The molecule has 0 bridgehead atoms. The van der Waals surface area contributed by atoms with Crippen LogP contribution in [0.2, 0.25) is 0 Å². The van der Waals surface area contributed by atoms with Crippen molar-refractivity contribution >= 4 is 22.1 Å². The number of hydrogen-bond acceptors (Lipinski definition) is 3. The van der Waals surface area contributed by atoms with Gasteiger partial charge in [-0.1, -0.05) is 42.5 Å². The molecular formula is C18H19NOS. The Morgan fingerprint density at radius 2 is 1.86 bits per heavy atom. The molecule has 1 unspecified atom stereocenters. The summed E-state index contributed by atoms with van der Waals surface area (Å²) in [4.78, 5) is 1.27. The maximum absolute atomic E-state index is 9.88. The first-order valence-corrected chi connectivity index (χ1v) is 7.97. The third-order valence-corrected chi connectivity index (χ3v) is 4.81. The molecule has 108 valence electrons. The third kappa shape index (κ3) is 3.00. The Labute approximate surface area is 129 Å². The van der Waals surface area contributed by atoms with Gasteiger partial charge in [0, 0.05) is 11.4 Å². The smallest absolute Gasteiger partial charge is 0.0652 e. The summed E-state index contributed by atoms with van der Waals surface area (Å²) in [5, 5.41) is 17.9. The van der Waals surface area contributed by atoms with Crippen LogP contribution in [-0.4, -0.2) is 11.7 Å². The van der Waals surface area contributed by atoms with Gasteiger partial charge in [-0.2, -0.15) is 0 Å². The molecular weight excluding hydrogens is 278 g/mol. The molecule has 3 aromatic rings. The van der Waals surface area contributed by atoms with E-state index in [1.165, 1.54) is 15.6 Å². The van der Waals surface area contributed by atoms with Gasteiger partial charge in [-0.15, -0.1) is 11.3 Å². The Balaban J connectivity index is 1.88. The van der Waals surface area contributed by atoms with Crippen LogP contribution in [0.3, 0.4) is 0 Å². The minimum absolute atomic E-state index is 0.0662. The van der Waals surface area contributed by atoms with Gasteiger partial charge in [0.25, 0.3) is 0 Å². The summed E-state index contributed by atoms with van der Waals surface area (Å²) in [7, 11) is 0. The molecule has 0 fully saturated rings. The van der Waals surface area contributed by atoms with Crippen molar-refractivity contribution in [1.82, 2.24) is 5.32 Å². The maximum atomic E-state index is 9.88. The van der Waals surface area contributed by atoms with Crippen LogP contribution in [0.4, 0.5) is 0 Å². The Morgan fingerprint density at radius 3 is 2.57 bits per heavy atom. The SMILES string of the molecule is CC(CO)(NCc1cccs1)c1ccc2ccccc2c1. The molecule has 1 aromatic heterocycles. The molecule has 3 heteroatoms. The normalized spacial score (nSPS) is 14.2. The van der Waals surface area contributed by atoms with Crippen LogP contribution in [-0.2, 0) is 12.1 Å². The van der Waals surface area contributed by atoms with E-state index in [1.807, 2.05) is 25.1 Å². The van der Waals surface area contributed by atoms with Crippen molar-refractivity contribution in [2.24, 2.45) is 0 Å². The zero-order valence-electron chi connectivity index (χ0n) is 12.0. The number of aliphatic hydroxyl groups excluding tert-OH is 1. The molecule has 0 spiro atoms. The van der Waals surface area contributed by atoms with E-state index in [1.54, 1.807) is 11.3 Å². The molecule has 0 radical (unpaired) electrons. The van der Waals surface area contributed by atoms with Gasteiger partial charge in [-0.25, -0.2) is 0 Å². The zero-order valence-corrected chi connectivity index (χ0v) is 12.9. The van der Waals surface area contributed by atoms with Gasteiger partial charge in [0.2, 0.25) is 0 Å². The fourth-order valence-corrected chi connectivity index (χ4v) is 3.12. The molecule has 2 aromatic carbocycles. The number of aliphatic hydroxyl groups is 1. The molecule has 0 aliphatic heterocycles. The number of nitrogens with one attached hydrogen (secondary N) is 1. The first-order chi connectivity index (χ1) is 10.2. The second kappa shape index (κ2) is 5.98. The van der Waals surface area contributed by atoms with Crippen molar-refractivity contribution in [3.05, 3.63) is 70.4 Å². The number of fused-ring (bicyclic) bond motifs is 1. The highest BCUT2D eigenvalue weighted by atomic mass is 32.1. The molecule has 1 atom stereocenters. The Morgan fingerprint density at radius 1 is 1.05 bits per heavy atom. The first kappa shape index (κ1) is 14.3. The molecule has 0 saturated carbocycles. The van der Waals surface area contributed by atoms with Gasteiger partial charge < -0.3 is 10.4 Å². The minimum atomic E-state index is -0.436. The van der Waals surface area contributed by atoms with E-state index in [0.717, 1.165) is 12.1 Å². The molecule has 0 aliphatic carbocycles. The zero-order chi connectivity index (χ0) is 14.7. The lowest BCUT2D eigenvalue weighted by atomic mass is 9.91. The highest BCUT2D eigenvalue weighted by Gasteiger charge is 2.25. The quantitative estimate of drug-likeness (QED) is 0.748. The van der Waals surface area contributed by atoms with E-state index < -0.39 is 5.54 Å². The summed E-state index contributed by atoms with van der Waals surface area (Å²) < 4.78 is 0. The lowest BCUT2D eigenvalue weighted by Gasteiger charge is -2.29. The van der Waals surface area contributed by atoms with Crippen LogP contribution in [0.1, 0.15) is 17.4 Å². The third-order valence-electron chi connectivity index (χ3n) is 3.94. The second-order valence-corrected chi connectivity index (χ2v) is 6.52. The monoisotopic (exact) mass is 297 g/mol. The van der Waals surface area contributed by atoms with Crippen molar-refractivity contribution in [3.63, 3.8) is 0 Å². The number of thiophene rings is 1. The Hall–Kier alpha value is -1.68. The first-order valence-electron chi connectivity index (χ1n) is 7.09. The summed E-state index contributed by atoms with van der Waals surface area (Å²) in [6, 6.07) is 18.8. The van der Waals surface area contributed by atoms with Crippen LogP contribution < -0.4 is 5.32 Å². The largest absolute Gasteiger partial charge is 0.394 e. The average molecular weight is 297 g/mol. The highest BCUT2D eigenvalue weighted by Crippen LogP contribution is 2.25. The average Bonchev–Trinajstić information content (AvgIpc) is 3.05. The number of benzene rings is 2. The van der Waals surface area contributed by atoms with E-state index in [4.69, 9.17) is 0 Å². The van der Waals surface area contributed by atoms with Gasteiger partial charge in [0.15, 0.2) is 0 Å². The summed E-state index contributed by atoms with van der Waals surface area (Å²) in [5.41, 5.74) is 0.675. The van der Waals surface area contributed by atoms with Crippen LogP contribution >= 0.6 is 11.3 Å². The molecule has 3 rings (SSSR count). The minimum Gasteiger partial charge on any atom is -0.394 e. The molecule has 2 N–H and O–H groups in total. The Bertz CT molecular complexity index is 723. The maximum Gasteiger partial charge on any atom is 0.0652 e. The lowest BCUT2D eigenvalue weighted by Crippen LogP contribution is -2.42. The van der Waals surface area contributed by atoms with Crippen LogP contribution in [0, 0.1) is 0 Å². The standard InChI is InChI=1S/C18H19NOS/c1-18(13-20,19-12-17-7-4-10-21-17)16-9-8-14-5-2-3-6-15(14)11-16/h2-11,19-20H,12-13H2,1H3. The predicted octanol–water partition coefficient (Wildman–Crippen LogP) is 3.90. The van der Waals surface area contributed by atoms with Gasteiger partial charge in [-0.3, -0.25) is 0 Å². The van der Waals surface area contributed by atoms with E-state index in [0.29, 0.717) is 0 Å². The van der Waals surface area contributed by atoms with Crippen LogP contribution in [0.5, 0.6) is 0 Å². The van der Waals surface area contributed by atoms with E-state index >= 15 is 0 Å². The Kier molecular flexibility index (Phi) is 4.06. The molecule has 0 saturated heterocycles. The summed E-state index contributed by atoms with van der Waals surface area (Å²) in [5.74, 6) is 0. The fraction of sp³-hybridized carbons (Fsp3) is 0.222. The summed E-state index contributed by atoms with van der Waals surface area (Å²) in [6.45, 7) is 2.88. The van der Waals surface area contributed by atoms with E-state index in [-0.39, 0.29) is 6.61 Å². The van der Waals surface area contributed by atoms with Gasteiger partial charge in [-0.05, 0) is 40.8 Å². The fourth-order valence-electron chi connectivity index (χ4n) is 2.48. The summed E-state index contributed by atoms with van der Waals surface area (Å²) >= 11 is 1.73. The van der Waals surface area contributed by atoms with Crippen LogP contribution in [0.25, 0.3) is 10.8 Å². The molecule has 2 nitrogen and oxygen atoms in total. The van der Waals surface area contributed by atoms with Crippen molar-refractivity contribution in [3.8, 4) is 0 Å². The highest BCUT2D eigenvalue weighted by molar-refractivity contribution is 7.09. The van der Waals surface area contributed by atoms with Gasteiger partial charge in [0.1, 0.15) is 0 Å². The molecule has 1 heterocycles. The lowest BCUT2D eigenvalue weighted by molar-refractivity contribution is 0.174. The molecule has 0 amide bonds. The number of hydrogen-bond donors (Lipinski definition) is 2. The predicted molar refractivity (Wildman–Crippen MR) is 89.5 cm³/mol. The van der Waals surface area contributed by atoms with E-state index in [2.05, 4.69) is 47.1 Å². The summed E-state index contributed by atoms with van der Waals surface area (Å²) in [6.07, 6.45) is 0. The molecule has 0 aliphatic rings. The second-order valence-electron chi connectivity index (χ2n) is 5.49. The topological polar surface area (TPSA) is 32.3 Å². The van der Waals surface area contributed by atoms with Crippen molar-refractivity contribution in [2.45, 2.75) is 19.0 Å². The number of rotatable bonds is 5. The van der Waals surface area contributed by atoms with E-state index in [9.17, 15) is 5.11 Å². The van der Waals surface area contributed by atoms with Crippen molar-refractivity contribution in [1.29, 1.82) is 0 Å². The van der Waals surface area contributed by atoms with Crippen molar-refractivity contribution in [2.75, 3.05) is 6.61 Å². The van der Waals surface area contributed by atoms with Crippen molar-refractivity contribution < 1.29 is 5.11 Å².